The number of methoxy groups -OCH3 is 1. The van der Waals surface area contributed by atoms with Crippen molar-refractivity contribution in [1.82, 2.24) is 0 Å². The van der Waals surface area contributed by atoms with Gasteiger partial charge in [-0.15, -0.1) is 6.58 Å². The molecule has 1 saturated carbocycles. The van der Waals surface area contributed by atoms with Gasteiger partial charge >= 0.3 is 12.1 Å². The molecule has 0 radical (unpaired) electrons. The third-order valence-electron chi connectivity index (χ3n) is 4.69. The smallest absolute Gasteiger partial charge is 0.469 e. The number of allylic oxidation sites excluding steroid dienone is 2. The van der Waals surface area contributed by atoms with E-state index < -0.39 is 6.16 Å². The molecule has 122 valence electrons. The van der Waals surface area contributed by atoms with E-state index >= 15 is 0 Å². The van der Waals surface area contributed by atoms with Crippen LogP contribution in [0.1, 0.15) is 26.2 Å². The Morgan fingerprint density at radius 3 is 2.68 bits per heavy atom. The number of ether oxygens (including phenoxy) is 3. The van der Waals surface area contributed by atoms with Gasteiger partial charge in [0.05, 0.1) is 13.0 Å². The zero-order valence-electron chi connectivity index (χ0n) is 13.2. The molecule has 0 aromatic rings. The Labute approximate surface area is 131 Å². The summed E-state index contributed by atoms with van der Waals surface area (Å²) in [6, 6.07) is 0. The average molecular weight is 308 g/mol. The van der Waals surface area contributed by atoms with Gasteiger partial charge < -0.3 is 14.2 Å². The van der Waals surface area contributed by atoms with Crippen molar-refractivity contribution in [1.29, 1.82) is 0 Å². The van der Waals surface area contributed by atoms with E-state index in [0.717, 1.165) is 19.3 Å². The van der Waals surface area contributed by atoms with Crippen molar-refractivity contribution in [2.24, 2.45) is 23.2 Å². The molecule has 5 heteroatoms. The number of cyclic esters (lactones) is 2. The molecule has 1 aliphatic carbocycles. The van der Waals surface area contributed by atoms with Crippen molar-refractivity contribution in [3.8, 4) is 0 Å². The van der Waals surface area contributed by atoms with Crippen molar-refractivity contribution in [3.63, 3.8) is 0 Å². The predicted molar refractivity (Wildman–Crippen MR) is 81.1 cm³/mol. The third kappa shape index (κ3) is 3.34. The second kappa shape index (κ2) is 6.99. The van der Waals surface area contributed by atoms with Crippen molar-refractivity contribution < 1.29 is 23.8 Å². The molecule has 1 spiro atoms. The minimum atomic E-state index is -0.608. The Hall–Kier alpha value is -1.78. The number of carbonyl (C=O) groups excluding carboxylic acids is 2. The van der Waals surface area contributed by atoms with Crippen molar-refractivity contribution in [2.45, 2.75) is 26.2 Å². The monoisotopic (exact) mass is 308 g/mol. The van der Waals surface area contributed by atoms with E-state index in [-0.39, 0.29) is 29.1 Å². The molecule has 1 saturated heterocycles. The van der Waals surface area contributed by atoms with E-state index in [1.54, 1.807) is 6.08 Å². The van der Waals surface area contributed by atoms with Crippen molar-refractivity contribution in [3.05, 3.63) is 24.8 Å². The molecule has 1 aliphatic heterocycles. The second-order valence-electron chi connectivity index (χ2n) is 6.18. The number of hydrogen-bond acceptors (Lipinski definition) is 5. The SMILES string of the molecule is C=C[C@H](C(=O)OC)[C@@H]1CC2(COC(=O)OC2)C[C@@H]1/C=C/CC. The average Bonchev–Trinajstić information content (AvgIpc) is 2.87. The molecular formula is C17H24O5. The second-order valence-corrected chi connectivity index (χ2v) is 6.18. The molecule has 0 N–H and O–H groups in total. The maximum absolute atomic E-state index is 12.0. The number of carbonyl (C=O) groups is 2. The maximum Gasteiger partial charge on any atom is 0.508 e. The predicted octanol–water partition coefficient (Wildman–Crippen LogP) is 3.11. The Morgan fingerprint density at radius 2 is 2.14 bits per heavy atom. The summed E-state index contributed by atoms with van der Waals surface area (Å²) < 4.78 is 15.1. The van der Waals surface area contributed by atoms with Crippen LogP contribution in [0.4, 0.5) is 4.79 Å². The number of esters is 1. The van der Waals surface area contributed by atoms with Crippen LogP contribution in [-0.2, 0) is 19.0 Å². The highest BCUT2D eigenvalue weighted by Crippen LogP contribution is 2.51. The molecule has 2 aliphatic rings. The summed E-state index contributed by atoms with van der Waals surface area (Å²) >= 11 is 0. The van der Waals surface area contributed by atoms with Crippen LogP contribution in [0, 0.1) is 23.2 Å². The molecule has 0 amide bonds. The lowest BCUT2D eigenvalue weighted by Gasteiger charge is -2.32. The van der Waals surface area contributed by atoms with Gasteiger partial charge in [-0.1, -0.05) is 25.2 Å². The highest BCUT2D eigenvalue weighted by molar-refractivity contribution is 5.74. The third-order valence-corrected chi connectivity index (χ3v) is 4.69. The molecule has 0 bridgehead atoms. The fourth-order valence-corrected chi connectivity index (χ4v) is 3.63. The zero-order valence-corrected chi connectivity index (χ0v) is 13.2. The molecule has 0 aromatic heterocycles. The molecule has 0 aromatic carbocycles. The molecule has 22 heavy (non-hydrogen) atoms. The molecule has 2 rings (SSSR count). The Bertz CT molecular complexity index is 458. The standard InChI is InChI=1S/C17H24O5/c1-4-6-7-12-8-17(10-21-16(19)22-11-17)9-14(12)13(5-2)15(18)20-3/h5-7,12-14H,2,4,8-11H2,1,3H3/b7-6+/t12-,13-,14+/m0/s1. The van der Waals surface area contributed by atoms with Gasteiger partial charge in [-0.2, -0.15) is 0 Å². The molecular weight excluding hydrogens is 284 g/mol. The van der Waals surface area contributed by atoms with Crippen LogP contribution in [0.15, 0.2) is 24.8 Å². The minimum absolute atomic E-state index is 0.0909. The van der Waals surface area contributed by atoms with Gasteiger partial charge in [-0.25, -0.2) is 4.79 Å². The van der Waals surface area contributed by atoms with E-state index in [1.807, 2.05) is 0 Å². The highest BCUT2D eigenvalue weighted by Gasteiger charge is 2.51. The summed E-state index contributed by atoms with van der Waals surface area (Å²) in [5.41, 5.74) is -0.212. The summed E-state index contributed by atoms with van der Waals surface area (Å²) in [5, 5.41) is 0. The highest BCUT2D eigenvalue weighted by atomic mass is 16.7. The van der Waals surface area contributed by atoms with Crippen LogP contribution in [0.25, 0.3) is 0 Å². The summed E-state index contributed by atoms with van der Waals surface area (Å²) in [7, 11) is 1.39. The number of rotatable bonds is 5. The van der Waals surface area contributed by atoms with Gasteiger partial charge in [0.25, 0.3) is 0 Å². The first kappa shape index (κ1) is 16.6. The molecule has 3 atom stereocenters. The Morgan fingerprint density at radius 1 is 1.45 bits per heavy atom. The van der Waals surface area contributed by atoms with Gasteiger partial charge in [0.15, 0.2) is 0 Å². The first-order valence-electron chi connectivity index (χ1n) is 7.72. The lowest BCUT2D eigenvalue weighted by atomic mass is 9.82. The van der Waals surface area contributed by atoms with Gasteiger partial charge in [0, 0.05) is 5.41 Å². The molecule has 5 nitrogen and oxygen atoms in total. The van der Waals surface area contributed by atoms with Crippen LogP contribution in [0.2, 0.25) is 0 Å². The van der Waals surface area contributed by atoms with Crippen LogP contribution >= 0.6 is 0 Å². The minimum Gasteiger partial charge on any atom is -0.469 e. The summed E-state index contributed by atoms with van der Waals surface area (Å²) in [4.78, 5) is 23.2. The fraction of sp³-hybridized carbons (Fsp3) is 0.647. The Balaban J connectivity index is 2.21. The van der Waals surface area contributed by atoms with E-state index in [1.165, 1.54) is 7.11 Å². The fourth-order valence-electron chi connectivity index (χ4n) is 3.63. The van der Waals surface area contributed by atoms with E-state index in [9.17, 15) is 9.59 Å². The first-order valence-corrected chi connectivity index (χ1v) is 7.72. The summed E-state index contributed by atoms with van der Waals surface area (Å²) in [6.07, 6.45) is 7.87. The van der Waals surface area contributed by atoms with Gasteiger partial charge in [-0.05, 0) is 31.1 Å². The van der Waals surface area contributed by atoms with Crippen LogP contribution in [0.3, 0.4) is 0 Å². The van der Waals surface area contributed by atoms with Gasteiger partial charge in [-0.3, -0.25) is 4.79 Å². The zero-order chi connectivity index (χ0) is 16.2. The first-order chi connectivity index (χ1) is 10.5. The van der Waals surface area contributed by atoms with E-state index in [0.29, 0.717) is 13.2 Å². The quantitative estimate of drug-likeness (QED) is 0.577. The lowest BCUT2D eigenvalue weighted by Crippen LogP contribution is -2.38. The lowest BCUT2D eigenvalue weighted by molar-refractivity contribution is -0.145. The summed E-state index contributed by atoms with van der Waals surface area (Å²) in [6.45, 7) is 6.57. The van der Waals surface area contributed by atoms with Crippen LogP contribution in [-0.4, -0.2) is 32.4 Å². The normalized spacial score (nSPS) is 28.2. The Kier molecular flexibility index (Phi) is 5.27. The van der Waals surface area contributed by atoms with Crippen molar-refractivity contribution >= 4 is 12.1 Å². The largest absolute Gasteiger partial charge is 0.508 e. The number of hydrogen-bond donors (Lipinski definition) is 0. The van der Waals surface area contributed by atoms with E-state index in [2.05, 4.69) is 25.7 Å². The van der Waals surface area contributed by atoms with Gasteiger partial charge in [0.1, 0.15) is 13.2 Å². The van der Waals surface area contributed by atoms with Crippen molar-refractivity contribution in [2.75, 3.05) is 20.3 Å². The maximum atomic E-state index is 12.0. The van der Waals surface area contributed by atoms with Crippen LogP contribution in [0.5, 0.6) is 0 Å². The molecule has 0 unspecified atom stereocenters. The topological polar surface area (TPSA) is 61.8 Å². The van der Waals surface area contributed by atoms with Gasteiger partial charge in [0.2, 0.25) is 0 Å². The summed E-state index contributed by atoms with van der Waals surface area (Å²) in [5.74, 6) is -0.301. The molecule has 1 heterocycles. The van der Waals surface area contributed by atoms with Crippen LogP contribution < -0.4 is 0 Å². The van der Waals surface area contributed by atoms with E-state index in [4.69, 9.17) is 14.2 Å². The molecule has 2 fully saturated rings.